The zero-order valence-electron chi connectivity index (χ0n) is 24.9. The van der Waals surface area contributed by atoms with Crippen molar-refractivity contribution >= 4 is 62.8 Å². The Morgan fingerprint density at radius 1 is 0.617 bits per heavy atom. The van der Waals surface area contributed by atoms with Gasteiger partial charge < -0.3 is 14.1 Å². The van der Waals surface area contributed by atoms with E-state index in [1.165, 1.54) is 15.9 Å². The van der Waals surface area contributed by atoms with Gasteiger partial charge in [-0.1, -0.05) is 103 Å². The first-order chi connectivity index (χ1) is 22.8. The van der Waals surface area contributed by atoms with Crippen LogP contribution >= 0.6 is 7.92 Å². The van der Waals surface area contributed by atoms with Gasteiger partial charge in [-0.2, -0.15) is 0 Å². The van der Waals surface area contributed by atoms with Crippen LogP contribution < -0.4 is 25.6 Å². The van der Waals surface area contributed by atoms with Crippen LogP contribution in [-0.2, 0) is 17.1 Å². The molecule has 0 unspecified atom stereocenters. The molecule has 4 nitrogen and oxygen atoms in total. The molecule has 227 valence electrons. The van der Waals surface area contributed by atoms with Crippen molar-refractivity contribution in [3.05, 3.63) is 164 Å². The van der Waals surface area contributed by atoms with Gasteiger partial charge in [0.05, 0.1) is 30.0 Å². The quantitative estimate of drug-likeness (QED) is 0.104. The predicted molar refractivity (Wildman–Crippen MR) is 189 cm³/mol. The molecular formula is C41H26CuN2O2P+. The molecule has 0 amide bonds. The van der Waals surface area contributed by atoms with Crippen LogP contribution in [0.5, 0.6) is 11.5 Å². The SMILES string of the molecule is [Cu+2].[c-]1c2c(cc3cccc(-c4ccccn4)c13)Oc1ccccc1N2c1[c-]c2c([PH+](c3ccccc3)c3ccccc3)cccc2o1. The number of benzene rings is 6. The van der Waals surface area contributed by atoms with Gasteiger partial charge in [-0.25, -0.2) is 0 Å². The number of fused-ring (bicyclic) bond motifs is 4. The molecule has 0 saturated heterocycles. The maximum atomic E-state index is 6.71. The molecule has 1 radical (unpaired) electrons. The zero-order valence-corrected chi connectivity index (χ0v) is 26.9. The van der Waals surface area contributed by atoms with Crippen LogP contribution in [0.1, 0.15) is 0 Å². The average molecular weight is 673 g/mol. The second-order valence-electron chi connectivity index (χ2n) is 11.2. The molecule has 6 aromatic carbocycles. The summed E-state index contributed by atoms with van der Waals surface area (Å²) in [5.41, 5.74) is 4.33. The summed E-state index contributed by atoms with van der Waals surface area (Å²) in [5, 5.41) is 6.83. The largest absolute Gasteiger partial charge is 2.00 e. The molecule has 0 spiro atoms. The van der Waals surface area contributed by atoms with E-state index < -0.39 is 7.92 Å². The molecule has 47 heavy (non-hydrogen) atoms. The molecule has 9 rings (SSSR count). The van der Waals surface area contributed by atoms with Crippen molar-refractivity contribution in [2.75, 3.05) is 4.90 Å². The van der Waals surface area contributed by atoms with E-state index in [2.05, 4.69) is 119 Å². The van der Waals surface area contributed by atoms with Gasteiger partial charge in [-0.3, -0.25) is 4.98 Å². The number of ether oxygens (including phenoxy) is 1. The summed E-state index contributed by atoms with van der Waals surface area (Å²) in [6.45, 7) is 0. The summed E-state index contributed by atoms with van der Waals surface area (Å²) in [5.74, 6) is 2.04. The van der Waals surface area contributed by atoms with E-state index in [4.69, 9.17) is 9.15 Å². The third kappa shape index (κ3) is 5.10. The molecule has 3 heterocycles. The number of aromatic nitrogens is 1. The molecule has 0 saturated carbocycles. The Morgan fingerprint density at radius 3 is 2.11 bits per heavy atom. The Hall–Kier alpha value is -5.18. The van der Waals surface area contributed by atoms with Crippen LogP contribution in [0.3, 0.4) is 0 Å². The molecule has 0 atom stereocenters. The van der Waals surface area contributed by atoms with Crippen LogP contribution in [0.25, 0.3) is 33.0 Å². The van der Waals surface area contributed by atoms with Gasteiger partial charge >= 0.3 is 17.1 Å². The van der Waals surface area contributed by atoms with Crippen molar-refractivity contribution in [1.82, 2.24) is 4.98 Å². The van der Waals surface area contributed by atoms with Crippen LogP contribution in [0.2, 0.25) is 0 Å². The fraction of sp³-hybridized carbons (Fsp3) is 0. The van der Waals surface area contributed by atoms with Crippen molar-refractivity contribution in [1.29, 1.82) is 0 Å². The van der Waals surface area contributed by atoms with Crippen LogP contribution in [0, 0.1) is 12.1 Å². The molecule has 1 aliphatic rings. The Morgan fingerprint density at radius 2 is 1.34 bits per heavy atom. The van der Waals surface area contributed by atoms with E-state index in [9.17, 15) is 0 Å². The van der Waals surface area contributed by atoms with Gasteiger partial charge in [0.15, 0.2) is 0 Å². The number of para-hydroxylation sites is 2. The number of rotatable bonds is 5. The molecule has 6 heteroatoms. The van der Waals surface area contributed by atoms with E-state index in [1.807, 2.05) is 54.7 Å². The maximum Gasteiger partial charge on any atom is 2.00 e. The van der Waals surface area contributed by atoms with Gasteiger partial charge in [-0.05, 0) is 48.5 Å². The Balaban J connectivity index is 0.00000324. The monoisotopic (exact) mass is 672 g/mol. The first kappa shape index (κ1) is 29.2. The Bertz CT molecular complexity index is 2320. The van der Waals surface area contributed by atoms with Crippen LogP contribution in [-0.4, -0.2) is 4.98 Å². The molecule has 0 bridgehead atoms. The summed E-state index contributed by atoms with van der Waals surface area (Å²) in [6.07, 6.45) is 1.82. The van der Waals surface area contributed by atoms with Gasteiger partial charge in [0.25, 0.3) is 0 Å². The number of hydrogen-bond acceptors (Lipinski definition) is 4. The fourth-order valence-corrected chi connectivity index (χ4v) is 9.06. The smallest absolute Gasteiger partial charge is 0.512 e. The third-order valence-corrected chi connectivity index (χ3v) is 11.2. The number of furan rings is 1. The van der Waals surface area contributed by atoms with Crippen LogP contribution in [0.4, 0.5) is 17.3 Å². The standard InChI is InChI=1S/C41H25N2O2P.Cu/c1-3-14-29(15-4-1)46(30-16-5-2-6-17-30)40-23-12-22-37-33(40)27-41(45-37)43-35-20-7-8-21-38(35)44-39-25-28-13-11-18-31(32(28)26-36(39)43)34-19-9-10-24-42-34;/h1-25H;/q-2;+2/p+1. The van der Waals surface area contributed by atoms with E-state index >= 15 is 0 Å². The van der Waals surface area contributed by atoms with Crippen molar-refractivity contribution in [3.8, 4) is 22.8 Å². The van der Waals surface area contributed by atoms with Crippen molar-refractivity contribution in [2.45, 2.75) is 0 Å². The zero-order chi connectivity index (χ0) is 30.5. The summed E-state index contributed by atoms with van der Waals surface area (Å²) in [4.78, 5) is 6.73. The van der Waals surface area contributed by atoms with E-state index in [0.717, 1.165) is 50.1 Å². The molecule has 1 aliphatic heterocycles. The molecular weight excluding hydrogens is 647 g/mol. The summed E-state index contributed by atoms with van der Waals surface area (Å²) in [6, 6.07) is 57.7. The van der Waals surface area contributed by atoms with Gasteiger partial charge in [-0.15, -0.1) is 28.3 Å². The first-order valence-electron chi connectivity index (χ1n) is 15.2. The fourth-order valence-electron chi connectivity index (χ4n) is 6.36. The molecule has 2 aromatic heterocycles. The first-order valence-corrected chi connectivity index (χ1v) is 16.7. The summed E-state index contributed by atoms with van der Waals surface area (Å²) < 4.78 is 13.2. The van der Waals surface area contributed by atoms with Gasteiger partial charge in [0, 0.05) is 28.5 Å². The molecule has 8 aromatic rings. The van der Waals surface area contributed by atoms with Crippen molar-refractivity contribution < 1.29 is 26.2 Å². The van der Waals surface area contributed by atoms with Gasteiger partial charge in [0.1, 0.15) is 11.6 Å². The molecule has 0 fully saturated rings. The second-order valence-corrected chi connectivity index (χ2v) is 13.6. The number of hydrogen-bond donors (Lipinski definition) is 0. The second kappa shape index (κ2) is 12.2. The molecule has 0 N–H and O–H groups in total. The van der Waals surface area contributed by atoms with Crippen molar-refractivity contribution in [2.24, 2.45) is 0 Å². The number of anilines is 3. The summed E-state index contributed by atoms with van der Waals surface area (Å²) in [7, 11) is -1.35. The number of pyridine rings is 1. The topological polar surface area (TPSA) is 38.5 Å². The van der Waals surface area contributed by atoms with Gasteiger partial charge in [0.2, 0.25) is 0 Å². The van der Waals surface area contributed by atoms with Crippen LogP contribution in [0.15, 0.2) is 156 Å². The summed E-state index contributed by atoms with van der Waals surface area (Å²) >= 11 is 0. The Kier molecular flexibility index (Phi) is 7.59. The minimum atomic E-state index is -1.35. The maximum absolute atomic E-state index is 6.71. The average Bonchev–Trinajstić information content (AvgIpc) is 3.56. The normalized spacial score (nSPS) is 12.0. The van der Waals surface area contributed by atoms with E-state index in [-0.39, 0.29) is 17.1 Å². The number of nitrogens with zero attached hydrogens (tertiary/aromatic N) is 2. The van der Waals surface area contributed by atoms with Crippen molar-refractivity contribution in [3.63, 3.8) is 0 Å². The minimum Gasteiger partial charge on any atom is -0.512 e. The Labute approximate surface area is 284 Å². The minimum absolute atomic E-state index is 0. The van der Waals surface area contributed by atoms with E-state index in [1.54, 1.807) is 0 Å². The van der Waals surface area contributed by atoms with E-state index in [0.29, 0.717) is 11.6 Å². The molecule has 0 aliphatic carbocycles. The third-order valence-electron chi connectivity index (χ3n) is 8.41. The predicted octanol–water partition coefficient (Wildman–Crippen LogP) is 9.31.